The van der Waals surface area contributed by atoms with Gasteiger partial charge in [0.2, 0.25) is 0 Å². The minimum Gasteiger partial charge on any atom is -0.496 e. The summed E-state index contributed by atoms with van der Waals surface area (Å²) in [6.45, 7) is 0.820. The maximum absolute atomic E-state index is 6.26. The van der Waals surface area contributed by atoms with Gasteiger partial charge in [0, 0.05) is 23.2 Å². The molecule has 0 aliphatic heterocycles. The standard InChI is InChI=1S/C15H20ClNO/c1-18-14-4-2-3-13(16)12(14)9-17-15(10-5-6-10)11-7-8-11/h2-4,10-11,15,17H,5-9H2,1H3. The van der Waals surface area contributed by atoms with Crippen LogP contribution in [0.3, 0.4) is 0 Å². The van der Waals surface area contributed by atoms with Crippen LogP contribution in [0.25, 0.3) is 0 Å². The summed E-state index contributed by atoms with van der Waals surface area (Å²) in [5, 5.41) is 4.51. The van der Waals surface area contributed by atoms with Crippen LogP contribution in [-0.2, 0) is 6.54 Å². The Hall–Kier alpha value is -0.730. The van der Waals surface area contributed by atoms with Gasteiger partial charge in [0.05, 0.1) is 7.11 Å². The lowest BCUT2D eigenvalue weighted by molar-refractivity contribution is 0.390. The van der Waals surface area contributed by atoms with Crippen LogP contribution < -0.4 is 10.1 Å². The Morgan fingerprint density at radius 1 is 1.28 bits per heavy atom. The van der Waals surface area contributed by atoms with Crippen molar-refractivity contribution in [3.05, 3.63) is 28.8 Å². The minimum atomic E-state index is 0.700. The summed E-state index contributed by atoms with van der Waals surface area (Å²) in [6, 6.07) is 6.55. The summed E-state index contributed by atoms with van der Waals surface area (Å²) in [6.07, 6.45) is 5.59. The fraction of sp³-hybridized carbons (Fsp3) is 0.600. The number of halogens is 1. The molecule has 1 N–H and O–H groups in total. The second kappa shape index (κ2) is 5.10. The maximum atomic E-state index is 6.26. The van der Waals surface area contributed by atoms with Crippen molar-refractivity contribution in [2.75, 3.05) is 7.11 Å². The SMILES string of the molecule is COc1cccc(Cl)c1CNC(C1CC1)C1CC1. The van der Waals surface area contributed by atoms with Gasteiger partial charge in [0.1, 0.15) is 5.75 Å². The van der Waals surface area contributed by atoms with Crippen molar-refractivity contribution in [1.82, 2.24) is 5.32 Å². The highest BCUT2D eigenvalue weighted by Crippen LogP contribution is 2.44. The third-order valence-electron chi connectivity index (χ3n) is 4.07. The zero-order valence-electron chi connectivity index (χ0n) is 10.8. The van der Waals surface area contributed by atoms with Crippen LogP contribution >= 0.6 is 11.6 Å². The molecule has 0 aromatic heterocycles. The number of ether oxygens (including phenoxy) is 1. The van der Waals surface area contributed by atoms with E-state index in [-0.39, 0.29) is 0 Å². The fourth-order valence-electron chi connectivity index (χ4n) is 2.75. The van der Waals surface area contributed by atoms with Crippen LogP contribution in [0, 0.1) is 11.8 Å². The smallest absolute Gasteiger partial charge is 0.124 e. The molecule has 0 unspecified atom stereocenters. The van der Waals surface area contributed by atoms with Crippen LogP contribution in [0.1, 0.15) is 31.2 Å². The summed E-state index contributed by atoms with van der Waals surface area (Å²) in [5.74, 6) is 2.71. The van der Waals surface area contributed by atoms with Crippen LogP contribution in [0.5, 0.6) is 5.75 Å². The van der Waals surface area contributed by atoms with Crippen molar-refractivity contribution in [2.24, 2.45) is 11.8 Å². The predicted molar refractivity (Wildman–Crippen MR) is 74.1 cm³/mol. The first-order chi connectivity index (χ1) is 8.79. The van der Waals surface area contributed by atoms with Gasteiger partial charge >= 0.3 is 0 Å². The van der Waals surface area contributed by atoms with Gasteiger partial charge in [-0.3, -0.25) is 0 Å². The molecule has 2 saturated carbocycles. The van der Waals surface area contributed by atoms with E-state index in [9.17, 15) is 0 Å². The molecule has 0 radical (unpaired) electrons. The first kappa shape index (κ1) is 12.3. The number of benzene rings is 1. The average molecular weight is 266 g/mol. The molecule has 0 spiro atoms. The zero-order chi connectivity index (χ0) is 12.5. The van der Waals surface area contributed by atoms with Gasteiger partial charge in [-0.15, -0.1) is 0 Å². The molecule has 1 aromatic rings. The van der Waals surface area contributed by atoms with Gasteiger partial charge in [-0.05, 0) is 49.7 Å². The van der Waals surface area contributed by atoms with E-state index in [1.807, 2.05) is 18.2 Å². The first-order valence-corrected chi connectivity index (χ1v) is 7.22. The number of nitrogens with one attached hydrogen (secondary N) is 1. The summed E-state index contributed by atoms with van der Waals surface area (Å²) in [4.78, 5) is 0. The summed E-state index contributed by atoms with van der Waals surface area (Å²) < 4.78 is 5.39. The van der Waals surface area contributed by atoms with Gasteiger partial charge in [0.25, 0.3) is 0 Å². The Morgan fingerprint density at radius 3 is 2.50 bits per heavy atom. The number of hydrogen-bond donors (Lipinski definition) is 1. The molecule has 18 heavy (non-hydrogen) atoms. The Morgan fingerprint density at radius 2 is 1.94 bits per heavy atom. The molecule has 2 nitrogen and oxygen atoms in total. The number of hydrogen-bond acceptors (Lipinski definition) is 2. The van der Waals surface area contributed by atoms with Crippen molar-refractivity contribution in [3.63, 3.8) is 0 Å². The van der Waals surface area contributed by atoms with E-state index in [1.165, 1.54) is 25.7 Å². The van der Waals surface area contributed by atoms with E-state index < -0.39 is 0 Å². The highest BCUT2D eigenvalue weighted by molar-refractivity contribution is 6.31. The molecule has 3 rings (SSSR count). The number of methoxy groups -OCH3 is 1. The molecule has 3 heteroatoms. The van der Waals surface area contributed by atoms with Crippen LogP contribution in [-0.4, -0.2) is 13.2 Å². The van der Waals surface area contributed by atoms with Gasteiger partial charge in [-0.1, -0.05) is 17.7 Å². The zero-order valence-corrected chi connectivity index (χ0v) is 11.5. The van der Waals surface area contributed by atoms with E-state index in [0.717, 1.165) is 34.7 Å². The normalized spacial score (nSPS) is 19.3. The lowest BCUT2D eigenvalue weighted by Crippen LogP contribution is -2.32. The van der Waals surface area contributed by atoms with Crippen molar-refractivity contribution >= 4 is 11.6 Å². The van der Waals surface area contributed by atoms with E-state index in [1.54, 1.807) is 7.11 Å². The molecule has 1 aromatic carbocycles. The molecule has 2 aliphatic carbocycles. The molecule has 98 valence electrons. The fourth-order valence-corrected chi connectivity index (χ4v) is 2.98. The molecule has 0 heterocycles. The Labute approximate surface area is 114 Å². The van der Waals surface area contributed by atoms with E-state index in [4.69, 9.17) is 16.3 Å². The van der Waals surface area contributed by atoms with Crippen molar-refractivity contribution in [2.45, 2.75) is 38.3 Å². The van der Waals surface area contributed by atoms with E-state index >= 15 is 0 Å². The lowest BCUT2D eigenvalue weighted by Gasteiger charge is -2.19. The van der Waals surface area contributed by atoms with Crippen molar-refractivity contribution in [1.29, 1.82) is 0 Å². The predicted octanol–water partition coefficient (Wildman–Crippen LogP) is 3.63. The van der Waals surface area contributed by atoms with Crippen molar-refractivity contribution < 1.29 is 4.74 Å². The highest BCUT2D eigenvalue weighted by atomic mass is 35.5. The summed E-state index contributed by atoms with van der Waals surface area (Å²) >= 11 is 6.26. The van der Waals surface area contributed by atoms with E-state index in [2.05, 4.69) is 5.32 Å². The second-order valence-corrected chi connectivity index (χ2v) is 5.91. The Kier molecular flexibility index (Phi) is 3.49. The van der Waals surface area contributed by atoms with Gasteiger partial charge < -0.3 is 10.1 Å². The lowest BCUT2D eigenvalue weighted by atomic mass is 10.1. The number of rotatable bonds is 6. The summed E-state index contributed by atoms with van der Waals surface area (Å²) in [5.41, 5.74) is 1.09. The Bertz CT molecular complexity index is 415. The first-order valence-electron chi connectivity index (χ1n) is 6.84. The summed E-state index contributed by atoms with van der Waals surface area (Å²) in [7, 11) is 1.70. The molecular weight excluding hydrogens is 246 g/mol. The maximum Gasteiger partial charge on any atom is 0.124 e. The highest BCUT2D eigenvalue weighted by Gasteiger charge is 2.41. The quantitative estimate of drug-likeness (QED) is 0.848. The molecule has 0 atom stereocenters. The molecule has 0 saturated heterocycles. The molecular formula is C15H20ClNO. The van der Waals surface area contributed by atoms with Gasteiger partial charge in [-0.25, -0.2) is 0 Å². The average Bonchev–Trinajstić information content (AvgIpc) is 3.25. The monoisotopic (exact) mass is 265 g/mol. The molecule has 0 bridgehead atoms. The van der Waals surface area contributed by atoms with E-state index in [0.29, 0.717) is 6.04 Å². The van der Waals surface area contributed by atoms with Crippen LogP contribution in [0.2, 0.25) is 5.02 Å². The topological polar surface area (TPSA) is 21.3 Å². The van der Waals surface area contributed by atoms with Gasteiger partial charge in [-0.2, -0.15) is 0 Å². The van der Waals surface area contributed by atoms with Gasteiger partial charge in [0.15, 0.2) is 0 Å². The third-order valence-corrected chi connectivity index (χ3v) is 4.42. The van der Waals surface area contributed by atoms with Crippen LogP contribution in [0.4, 0.5) is 0 Å². The van der Waals surface area contributed by atoms with Crippen LogP contribution in [0.15, 0.2) is 18.2 Å². The Balaban J connectivity index is 1.68. The molecule has 0 amide bonds. The second-order valence-electron chi connectivity index (χ2n) is 5.50. The van der Waals surface area contributed by atoms with Crippen molar-refractivity contribution in [3.8, 4) is 5.75 Å². The third kappa shape index (κ3) is 2.65. The largest absolute Gasteiger partial charge is 0.496 e. The molecule has 2 fully saturated rings. The molecule has 2 aliphatic rings. The minimum absolute atomic E-state index is 0.700.